The Hall–Kier alpha value is -5.14. The lowest BCUT2D eigenvalue weighted by Gasteiger charge is -2.44. The zero-order chi connectivity index (χ0) is 37.3. The number of carbonyl (C=O) groups is 2. The lowest BCUT2D eigenvalue weighted by atomic mass is 9.89. The molecule has 2 aliphatic rings. The molecule has 12 nitrogen and oxygen atoms in total. The maximum Gasteiger partial charge on any atom is 0.303 e. The van der Waals surface area contributed by atoms with Gasteiger partial charge in [-0.25, -0.2) is 0 Å². The highest BCUT2D eigenvalue weighted by atomic mass is 16.7. The molecule has 53 heavy (non-hydrogen) atoms. The molecule has 2 aliphatic heterocycles. The van der Waals surface area contributed by atoms with Crippen LogP contribution in [0.4, 0.5) is 11.4 Å². The van der Waals surface area contributed by atoms with Crippen molar-refractivity contribution >= 4 is 23.3 Å². The molecule has 0 aliphatic carbocycles. The van der Waals surface area contributed by atoms with E-state index in [1.807, 2.05) is 84.9 Å². The van der Waals surface area contributed by atoms with E-state index in [-0.39, 0.29) is 54.1 Å². The van der Waals surface area contributed by atoms with Crippen LogP contribution >= 0.6 is 0 Å². The second-order valence-corrected chi connectivity index (χ2v) is 13.7. The maximum absolute atomic E-state index is 12.2. The maximum atomic E-state index is 12.2. The number of aliphatic hydroxyl groups excluding tert-OH is 1. The zero-order valence-corrected chi connectivity index (χ0v) is 29.8. The van der Waals surface area contributed by atoms with Gasteiger partial charge in [0.05, 0.1) is 23.7 Å². The second kappa shape index (κ2) is 17.6. The van der Waals surface area contributed by atoms with E-state index in [4.69, 9.17) is 14.6 Å². The highest BCUT2D eigenvalue weighted by Gasteiger charge is 2.39. The molecule has 2 saturated heterocycles. The summed E-state index contributed by atoms with van der Waals surface area (Å²) >= 11 is 0. The smallest absolute Gasteiger partial charge is 0.303 e. The van der Waals surface area contributed by atoms with Crippen molar-refractivity contribution in [1.29, 1.82) is 0 Å². The molecule has 1 amide bonds. The normalized spacial score (nSPS) is 20.5. The van der Waals surface area contributed by atoms with Crippen LogP contribution in [0.15, 0.2) is 97.1 Å². The van der Waals surface area contributed by atoms with Gasteiger partial charge < -0.3 is 29.9 Å². The van der Waals surface area contributed by atoms with Crippen LogP contribution in [0.1, 0.15) is 60.8 Å². The molecule has 2 heterocycles. The van der Waals surface area contributed by atoms with E-state index in [2.05, 4.69) is 22.0 Å². The number of nitrogens with zero attached hydrogens (tertiary/aromatic N) is 3. The van der Waals surface area contributed by atoms with Crippen molar-refractivity contribution in [3.05, 3.63) is 129 Å². The Bertz CT molecular complexity index is 1840. The van der Waals surface area contributed by atoms with Crippen molar-refractivity contribution in [1.82, 2.24) is 10.2 Å². The van der Waals surface area contributed by atoms with E-state index in [0.29, 0.717) is 13.0 Å². The number of aliphatic carboxylic acids is 1. The summed E-state index contributed by atoms with van der Waals surface area (Å²) in [6.45, 7) is 6.46. The lowest BCUT2D eigenvalue weighted by Crippen LogP contribution is -2.51. The molecule has 2 fully saturated rings. The Morgan fingerprint density at radius 3 is 2.21 bits per heavy atom. The summed E-state index contributed by atoms with van der Waals surface area (Å²) in [6, 6.07) is 30.7. The first-order chi connectivity index (χ1) is 25.7. The summed E-state index contributed by atoms with van der Waals surface area (Å²) in [6.07, 6.45) is -0.507. The summed E-state index contributed by atoms with van der Waals surface area (Å²) in [4.78, 5) is 38.3. The van der Waals surface area contributed by atoms with Crippen molar-refractivity contribution in [3.63, 3.8) is 0 Å². The number of carboxylic acids is 1. The molecule has 6 rings (SSSR count). The van der Waals surface area contributed by atoms with E-state index in [1.54, 1.807) is 12.1 Å². The monoisotopic (exact) mass is 722 g/mol. The van der Waals surface area contributed by atoms with Crippen molar-refractivity contribution in [2.45, 2.75) is 57.8 Å². The van der Waals surface area contributed by atoms with Crippen LogP contribution in [-0.2, 0) is 32.2 Å². The molecule has 278 valence electrons. The number of hydrogen-bond donors (Lipinski definition) is 3. The summed E-state index contributed by atoms with van der Waals surface area (Å²) in [7, 11) is 0. The fraction of sp³-hybridized carbons (Fsp3) is 0.366. The third-order valence-electron chi connectivity index (χ3n) is 10.1. The molecule has 0 aromatic heterocycles. The minimum absolute atomic E-state index is 0.0277. The number of nitro groups is 1. The third-order valence-corrected chi connectivity index (χ3v) is 10.1. The first kappa shape index (κ1) is 37.6. The number of rotatable bonds is 14. The number of nitrogens with one attached hydrogen (secondary N) is 1. The molecule has 0 unspecified atom stereocenters. The van der Waals surface area contributed by atoms with Gasteiger partial charge in [-0.2, -0.15) is 0 Å². The number of benzene rings is 4. The standard InChI is InChI=1S/C41H46N4O8/c1-28-37(26-43-20-22-44(23-21-43)35-16-18-36(19-17-35)45(50)51)52-41(53-40(28)32-10-8-29(27-46)9-11-32)33-14-12-31(13-15-33)34-5-2-4-30(24-34)25-42-38(47)6-3-7-39(48)49/h2,4-5,8-19,24,28,37,40-41,46H,3,6-7,20-23,25-27H2,1H3,(H,42,47)(H,48,49)/t28-,37+,40+,41+/m0/s1. The lowest BCUT2D eigenvalue weighted by molar-refractivity contribution is -0.384. The van der Waals surface area contributed by atoms with Crippen molar-refractivity contribution in [3.8, 4) is 11.1 Å². The molecule has 0 saturated carbocycles. The zero-order valence-electron chi connectivity index (χ0n) is 29.8. The molecule has 0 radical (unpaired) electrons. The van der Waals surface area contributed by atoms with Gasteiger partial charge in [0.2, 0.25) is 5.91 Å². The van der Waals surface area contributed by atoms with Crippen LogP contribution in [0.5, 0.6) is 0 Å². The summed E-state index contributed by atoms with van der Waals surface area (Å²) in [5, 5.41) is 32.4. The molecule has 0 bridgehead atoms. The quantitative estimate of drug-likeness (QED) is 0.101. The Morgan fingerprint density at radius 1 is 0.849 bits per heavy atom. The Morgan fingerprint density at radius 2 is 1.55 bits per heavy atom. The predicted molar refractivity (Wildman–Crippen MR) is 200 cm³/mol. The van der Waals surface area contributed by atoms with Gasteiger partial charge in [0.15, 0.2) is 6.29 Å². The Labute approximate surface area is 309 Å². The number of aliphatic hydroxyl groups is 1. The Kier molecular flexibility index (Phi) is 12.5. The van der Waals surface area contributed by atoms with Gasteiger partial charge in [-0.1, -0.05) is 73.7 Å². The minimum atomic E-state index is -0.908. The van der Waals surface area contributed by atoms with Gasteiger partial charge >= 0.3 is 5.97 Å². The van der Waals surface area contributed by atoms with E-state index >= 15 is 0 Å². The number of hydrogen-bond acceptors (Lipinski definition) is 9. The first-order valence-electron chi connectivity index (χ1n) is 18.1. The van der Waals surface area contributed by atoms with Crippen LogP contribution < -0.4 is 10.2 Å². The second-order valence-electron chi connectivity index (χ2n) is 13.7. The number of carboxylic acid groups (broad SMARTS) is 1. The first-order valence-corrected chi connectivity index (χ1v) is 18.1. The molecular formula is C41H46N4O8. The van der Waals surface area contributed by atoms with E-state index in [9.17, 15) is 24.8 Å². The molecular weight excluding hydrogens is 676 g/mol. The van der Waals surface area contributed by atoms with Gasteiger partial charge in [0.25, 0.3) is 5.69 Å². The van der Waals surface area contributed by atoms with Crippen LogP contribution in [0.2, 0.25) is 0 Å². The Balaban J connectivity index is 1.13. The largest absolute Gasteiger partial charge is 0.481 e. The van der Waals surface area contributed by atoms with Crippen molar-refractivity contribution < 1.29 is 34.2 Å². The summed E-state index contributed by atoms with van der Waals surface area (Å²) in [5.74, 6) is -1.04. The SMILES string of the molecule is C[C@H]1[C@@H](CN2CCN(c3ccc([N+](=O)[O-])cc3)CC2)O[C@@H](c2ccc(-c3cccc(CNC(=O)CCCC(=O)O)c3)cc2)O[C@H]1c1ccc(CO)cc1. The highest BCUT2D eigenvalue weighted by Crippen LogP contribution is 2.42. The number of ether oxygens (including phenoxy) is 2. The number of anilines is 1. The van der Waals surface area contributed by atoms with Gasteiger partial charge in [0, 0.05) is 81.4 Å². The van der Waals surface area contributed by atoms with Crippen molar-refractivity contribution in [2.24, 2.45) is 5.92 Å². The van der Waals surface area contributed by atoms with Crippen LogP contribution in [0.25, 0.3) is 11.1 Å². The molecule has 4 aromatic rings. The average Bonchev–Trinajstić information content (AvgIpc) is 3.18. The number of amides is 1. The van der Waals surface area contributed by atoms with Gasteiger partial charge in [-0.3, -0.25) is 24.6 Å². The predicted octanol–water partition coefficient (Wildman–Crippen LogP) is 6.24. The topological polar surface area (TPSA) is 155 Å². The minimum Gasteiger partial charge on any atom is -0.481 e. The fourth-order valence-corrected chi connectivity index (χ4v) is 6.94. The fourth-order valence-electron chi connectivity index (χ4n) is 6.94. The molecule has 12 heteroatoms. The van der Waals surface area contributed by atoms with Gasteiger partial charge in [-0.15, -0.1) is 0 Å². The van der Waals surface area contributed by atoms with Crippen molar-refractivity contribution in [2.75, 3.05) is 37.6 Å². The number of non-ortho nitro benzene ring substituents is 1. The highest BCUT2D eigenvalue weighted by molar-refractivity contribution is 5.76. The number of nitro benzene ring substituents is 1. The number of carbonyl (C=O) groups excluding carboxylic acids is 1. The summed E-state index contributed by atoms with van der Waals surface area (Å²) < 4.78 is 13.4. The average molecular weight is 723 g/mol. The van der Waals surface area contributed by atoms with E-state index < -0.39 is 12.3 Å². The summed E-state index contributed by atoms with van der Waals surface area (Å²) in [5.41, 5.74) is 6.77. The van der Waals surface area contributed by atoms with E-state index in [1.165, 1.54) is 0 Å². The van der Waals surface area contributed by atoms with Crippen LogP contribution in [0.3, 0.4) is 0 Å². The molecule has 0 spiro atoms. The molecule has 3 N–H and O–H groups in total. The van der Waals surface area contributed by atoms with E-state index in [0.717, 1.165) is 71.8 Å². The van der Waals surface area contributed by atoms with Gasteiger partial charge in [0.1, 0.15) is 0 Å². The molecule has 4 aromatic carbocycles. The number of piperazine rings is 1. The van der Waals surface area contributed by atoms with Gasteiger partial charge in [-0.05, 0) is 52.4 Å². The third kappa shape index (κ3) is 9.85. The van der Waals surface area contributed by atoms with Crippen LogP contribution in [0, 0.1) is 16.0 Å². The molecule has 4 atom stereocenters. The van der Waals surface area contributed by atoms with Crippen LogP contribution in [-0.4, -0.2) is 70.7 Å².